The molecule has 3 heteroatoms. The fourth-order valence-electron chi connectivity index (χ4n) is 2.01. The van der Waals surface area contributed by atoms with Crippen molar-refractivity contribution in [2.24, 2.45) is 0 Å². The smallest absolute Gasteiger partial charge is 0.227 e. The molecule has 15 heavy (non-hydrogen) atoms. The van der Waals surface area contributed by atoms with Crippen LogP contribution >= 0.6 is 0 Å². The number of hydrogen-bond acceptors (Lipinski definition) is 2. The van der Waals surface area contributed by atoms with Crippen LogP contribution in [0.4, 0.5) is 5.69 Å². The van der Waals surface area contributed by atoms with Gasteiger partial charge >= 0.3 is 0 Å². The molecule has 0 aromatic heterocycles. The predicted molar refractivity (Wildman–Crippen MR) is 57.5 cm³/mol. The van der Waals surface area contributed by atoms with Crippen LogP contribution in [0.25, 0.3) is 0 Å². The molecule has 0 fully saturated rings. The van der Waals surface area contributed by atoms with Gasteiger partial charge in [0, 0.05) is 19.2 Å². The molecule has 1 aromatic carbocycles. The summed E-state index contributed by atoms with van der Waals surface area (Å²) in [5.41, 5.74) is 3.16. The molecule has 0 N–H and O–H groups in total. The molecule has 2 rings (SSSR count). The van der Waals surface area contributed by atoms with Gasteiger partial charge in [0.2, 0.25) is 5.91 Å². The Morgan fingerprint density at radius 2 is 2.27 bits per heavy atom. The third-order valence-electron chi connectivity index (χ3n) is 2.84. The summed E-state index contributed by atoms with van der Waals surface area (Å²) in [4.78, 5) is 13.2. The lowest BCUT2D eigenvalue weighted by atomic mass is 9.95. The third-order valence-corrected chi connectivity index (χ3v) is 2.84. The lowest BCUT2D eigenvalue weighted by molar-refractivity contribution is -0.118. The molecule has 0 radical (unpaired) electrons. The second-order valence-corrected chi connectivity index (χ2v) is 3.70. The minimum atomic E-state index is 0.150. The van der Waals surface area contributed by atoms with E-state index in [2.05, 4.69) is 6.07 Å². The van der Waals surface area contributed by atoms with E-state index in [1.165, 1.54) is 0 Å². The first-order valence-corrected chi connectivity index (χ1v) is 4.98. The minimum absolute atomic E-state index is 0.150. The molecule has 0 unspecified atom stereocenters. The molecule has 3 nitrogen and oxygen atoms in total. The highest BCUT2D eigenvalue weighted by Crippen LogP contribution is 2.29. The molecular formula is C12H12N2O. The maximum Gasteiger partial charge on any atom is 0.227 e. The van der Waals surface area contributed by atoms with Gasteiger partial charge in [0.25, 0.3) is 0 Å². The van der Waals surface area contributed by atoms with E-state index in [0.29, 0.717) is 12.8 Å². The number of nitriles is 1. The van der Waals surface area contributed by atoms with Crippen molar-refractivity contribution >= 4 is 11.6 Å². The number of anilines is 1. The van der Waals surface area contributed by atoms with Gasteiger partial charge < -0.3 is 4.90 Å². The van der Waals surface area contributed by atoms with Gasteiger partial charge in [0.15, 0.2) is 0 Å². The highest BCUT2D eigenvalue weighted by molar-refractivity contribution is 5.96. The second-order valence-electron chi connectivity index (χ2n) is 3.70. The summed E-state index contributed by atoms with van der Waals surface area (Å²) in [6.07, 6.45) is 1.73. The minimum Gasteiger partial charge on any atom is -0.315 e. The molecule has 0 saturated heterocycles. The summed E-state index contributed by atoms with van der Waals surface area (Å²) in [7, 11) is 1.79. The van der Waals surface area contributed by atoms with Gasteiger partial charge in [0.1, 0.15) is 0 Å². The molecule has 1 amide bonds. The average Bonchev–Trinajstić information content (AvgIpc) is 2.25. The zero-order chi connectivity index (χ0) is 10.8. The summed E-state index contributed by atoms with van der Waals surface area (Å²) in [5, 5.41) is 8.71. The Hall–Kier alpha value is -1.82. The molecule has 1 heterocycles. The van der Waals surface area contributed by atoms with Crippen molar-refractivity contribution in [1.29, 1.82) is 5.26 Å². The highest BCUT2D eigenvalue weighted by atomic mass is 16.2. The van der Waals surface area contributed by atoms with Crippen molar-refractivity contribution in [2.75, 3.05) is 11.9 Å². The number of carbonyl (C=O) groups is 1. The molecule has 0 aliphatic carbocycles. The summed E-state index contributed by atoms with van der Waals surface area (Å²) in [5.74, 6) is 0.150. The lowest BCUT2D eigenvalue weighted by Crippen LogP contribution is -2.31. The van der Waals surface area contributed by atoms with Gasteiger partial charge in [-0.1, -0.05) is 12.1 Å². The van der Waals surface area contributed by atoms with Crippen molar-refractivity contribution in [3.8, 4) is 6.07 Å². The summed E-state index contributed by atoms with van der Waals surface area (Å²) < 4.78 is 0. The Morgan fingerprint density at radius 3 is 3.00 bits per heavy atom. The van der Waals surface area contributed by atoms with Crippen LogP contribution in [0.5, 0.6) is 0 Å². The third kappa shape index (κ3) is 1.59. The van der Waals surface area contributed by atoms with Gasteiger partial charge in [-0.25, -0.2) is 0 Å². The maximum absolute atomic E-state index is 11.5. The fraction of sp³-hybridized carbons (Fsp3) is 0.333. The first-order valence-electron chi connectivity index (χ1n) is 4.98. The first kappa shape index (κ1) is 9.72. The molecule has 0 spiro atoms. The number of carbonyl (C=O) groups excluding carboxylic acids is 1. The van der Waals surface area contributed by atoms with Gasteiger partial charge in [0.05, 0.1) is 12.5 Å². The van der Waals surface area contributed by atoms with Crippen LogP contribution in [0, 0.1) is 11.3 Å². The van der Waals surface area contributed by atoms with E-state index in [0.717, 1.165) is 23.2 Å². The van der Waals surface area contributed by atoms with Gasteiger partial charge in [-0.2, -0.15) is 5.26 Å². The van der Waals surface area contributed by atoms with E-state index in [1.807, 2.05) is 18.2 Å². The lowest BCUT2D eigenvalue weighted by Gasteiger charge is -2.27. The maximum atomic E-state index is 11.5. The zero-order valence-electron chi connectivity index (χ0n) is 8.66. The van der Waals surface area contributed by atoms with Crippen molar-refractivity contribution in [3.05, 3.63) is 29.3 Å². The number of hydrogen-bond donors (Lipinski definition) is 0. The fourth-order valence-corrected chi connectivity index (χ4v) is 2.01. The van der Waals surface area contributed by atoms with E-state index >= 15 is 0 Å². The number of amides is 1. The molecule has 0 saturated carbocycles. The standard InChI is InChI=1S/C12H12N2O/c1-14-11-4-2-3-9(7-8-13)10(11)5-6-12(14)15/h2-4H,5-7H2,1H3. The van der Waals surface area contributed by atoms with Crippen LogP contribution in [0.1, 0.15) is 17.5 Å². The van der Waals surface area contributed by atoms with Crippen LogP contribution in [0.2, 0.25) is 0 Å². The largest absolute Gasteiger partial charge is 0.315 e. The summed E-state index contributed by atoms with van der Waals surface area (Å²) >= 11 is 0. The first-order chi connectivity index (χ1) is 7.24. The Kier molecular flexibility index (Phi) is 2.42. The number of rotatable bonds is 1. The van der Waals surface area contributed by atoms with Crippen molar-refractivity contribution in [2.45, 2.75) is 19.3 Å². The predicted octanol–water partition coefficient (Wildman–Crippen LogP) is 1.66. The molecule has 1 aromatic rings. The van der Waals surface area contributed by atoms with Gasteiger partial charge in [-0.15, -0.1) is 0 Å². The number of nitrogens with zero attached hydrogens (tertiary/aromatic N) is 2. The Morgan fingerprint density at radius 1 is 1.47 bits per heavy atom. The second kappa shape index (κ2) is 3.74. The molecule has 76 valence electrons. The molecule has 0 atom stereocenters. The zero-order valence-corrected chi connectivity index (χ0v) is 8.66. The normalized spacial score (nSPS) is 14.7. The van der Waals surface area contributed by atoms with E-state index in [9.17, 15) is 4.79 Å². The van der Waals surface area contributed by atoms with Gasteiger partial charge in [-0.05, 0) is 23.6 Å². The molecule has 0 bridgehead atoms. The SMILES string of the molecule is CN1C(=O)CCc2c(CC#N)cccc21. The van der Waals surface area contributed by atoms with E-state index in [1.54, 1.807) is 11.9 Å². The summed E-state index contributed by atoms with van der Waals surface area (Å²) in [6.45, 7) is 0. The topological polar surface area (TPSA) is 44.1 Å². The van der Waals surface area contributed by atoms with Crippen LogP contribution in [0.3, 0.4) is 0 Å². The summed E-state index contributed by atoms with van der Waals surface area (Å²) in [6, 6.07) is 7.96. The van der Waals surface area contributed by atoms with Crippen molar-refractivity contribution < 1.29 is 4.79 Å². The number of benzene rings is 1. The van der Waals surface area contributed by atoms with Crippen molar-refractivity contribution in [3.63, 3.8) is 0 Å². The monoisotopic (exact) mass is 200 g/mol. The van der Waals surface area contributed by atoms with E-state index in [-0.39, 0.29) is 5.91 Å². The Labute approximate surface area is 88.9 Å². The van der Waals surface area contributed by atoms with Gasteiger partial charge in [-0.3, -0.25) is 4.79 Å². The van der Waals surface area contributed by atoms with Crippen LogP contribution < -0.4 is 4.90 Å². The van der Waals surface area contributed by atoms with Crippen LogP contribution in [0.15, 0.2) is 18.2 Å². The Bertz CT molecular complexity index is 445. The average molecular weight is 200 g/mol. The van der Waals surface area contributed by atoms with Crippen LogP contribution in [-0.4, -0.2) is 13.0 Å². The van der Waals surface area contributed by atoms with Crippen molar-refractivity contribution in [1.82, 2.24) is 0 Å². The Balaban J connectivity index is 2.49. The molecule has 1 aliphatic rings. The van der Waals surface area contributed by atoms with E-state index in [4.69, 9.17) is 5.26 Å². The molecular weight excluding hydrogens is 188 g/mol. The van der Waals surface area contributed by atoms with Crippen LogP contribution in [-0.2, 0) is 17.6 Å². The number of fused-ring (bicyclic) bond motifs is 1. The van der Waals surface area contributed by atoms with E-state index < -0.39 is 0 Å². The quantitative estimate of drug-likeness (QED) is 0.692. The highest BCUT2D eigenvalue weighted by Gasteiger charge is 2.22. The molecule has 1 aliphatic heterocycles.